The van der Waals surface area contributed by atoms with Crippen LogP contribution in [0.4, 0.5) is 0 Å². The van der Waals surface area contributed by atoms with E-state index < -0.39 is 0 Å². The molecule has 3 saturated carbocycles. The molecule has 0 saturated heterocycles. The first-order chi connectivity index (χ1) is 10.6. The molecule has 0 aromatic carbocycles. The molecule has 4 aliphatic rings. The van der Waals surface area contributed by atoms with E-state index in [4.69, 9.17) is 0 Å². The summed E-state index contributed by atoms with van der Waals surface area (Å²) in [7, 11) is 0. The van der Waals surface area contributed by atoms with Gasteiger partial charge in [0.1, 0.15) is 0 Å². The van der Waals surface area contributed by atoms with Gasteiger partial charge in [0.25, 0.3) is 0 Å². The molecule has 22 heavy (non-hydrogen) atoms. The van der Waals surface area contributed by atoms with Gasteiger partial charge in [0.2, 0.25) is 0 Å². The average Bonchev–Trinajstić information content (AvgIpc) is 2.84. The molecule has 0 spiro atoms. The lowest BCUT2D eigenvalue weighted by Gasteiger charge is -2.52. The first kappa shape index (κ1) is 15.0. The van der Waals surface area contributed by atoms with Crippen molar-refractivity contribution in [3.8, 4) is 0 Å². The maximum Gasteiger partial charge on any atom is 0.0761 e. The van der Waals surface area contributed by atoms with Crippen LogP contribution in [0, 0.1) is 29.1 Å². The van der Waals surface area contributed by atoms with Crippen molar-refractivity contribution in [2.45, 2.75) is 77.7 Å². The van der Waals surface area contributed by atoms with E-state index in [-0.39, 0.29) is 6.10 Å². The van der Waals surface area contributed by atoms with Gasteiger partial charge in [-0.1, -0.05) is 38.8 Å². The second-order valence-corrected chi connectivity index (χ2v) is 8.68. The number of allylic oxidation sites excluding steroid dienone is 2. The van der Waals surface area contributed by atoms with Crippen molar-refractivity contribution in [3.05, 3.63) is 23.3 Å². The highest BCUT2D eigenvalue weighted by atomic mass is 16.3. The molecule has 6 unspecified atom stereocenters. The maximum absolute atomic E-state index is 9.91. The van der Waals surface area contributed by atoms with Crippen LogP contribution in [0.25, 0.3) is 0 Å². The largest absolute Gasteiger partial charge is 0.389 e. The second-order valence-electron chi connectivity index (χ2n) is 8.68. The Hall–Kier alpha value is -0.560. The van der Waals surface area contributed by atoms with E-state index in [0.717, 1.165) is 30.1 Å². The molecule has 0 aliphatic heterocycles. The zero-order valence-corrected chi connectivity index (χ0v) is 14.4. The molecule has 0 amide bonds. The Morgan fingerprint density at radius 1 is 1.23 bits per heavy atom. The first-order valence-electron chi connectivity index (χ1n) is 9.72. The predicted molar refractivity (Wildman–Crippen MR) is 91.5 cm³/mol. The van der Waals surface area contributed by atoms with Gasteiger partial charge < -0.3 is 5.11 Å². The van der Waals surface area contributed by atoms with E-state index in [9.17, 15) is 5.11 Å². The van der Waals surface area contributed by atoms with Gasteiger partial charge in [-0.2, -0.15) is 0 Å². The normalized spacial score (nSPS) is 47.1. The van der Waals surface area contributed by atoms with Crippen LogP contribution in [0.3, 0.4) is 0 Å². The fourth-order valence-electron chi connectivity index (χ4n) is 6.72. The number of fused-ring (bicyclic) bond motifs is 5. The highest BCUT2D eigenvalue weighted by Gasteiger charge is 2.54. The zero-order valence-electron chi connectivity index (χ0n) is 14.4. The number of aliphatic hydroxyl groups is 1. The van der Waals surface area contributed by atoms with E-state index in [1.807, 2.05) is 0 Å². The molecular formula is C21H32O. The van der Waals surface area contributed by atoms with Crippen LogP contribution >= 0.6 is 0 Å². The van der Waals surface area contributed by atoms with Gasteiger partial charge in [-0.25, -0.2) is 0 Å². The molecule has 0 aromatic rings. The van der Waals surface area contributed by atoms with Crippen molar-refractivity contribution in [1.29, 1.82) is 0 Å². The molecule has 0 heterocycles. The molecule has 122 valence electrons. The van der Waals surface area contributed by atoms with Crippen LogP contribution in [0.5, 0.6) is 0 Å². The van der Waals surface area contributed by atoms with Crippen molar-refractivity contribution < 1.29 is 5.11 Å². The highest BCUT2D eigenvalue weighted by Crippen LogP contribution is 2.63. The number of hydrogen-bond donors (Lipinski definition) is 1. The van der Waals surface area contributed by atoms with E-state index in [1.165, 1.54) is 56.9 Å². The third-order valence-electron chi connectivity index (χ3n) is 7.76. The maximum atomic E-state index is 9.91. The lowest BCUT2D eigenvalue weighted by atomic mass is 9.53. The summed E-state index contributed by atoms with van der Waals surface area (Å²) in [5.74, 6) is 3.70. The monoisotopic (exact) mass is 300 g/mol. The number of aliphatic hydroxyl groups excluding tert-OH is 1. The molecule has 0 radical (unpaired) electrons. The Morgan fingerprint density at radius 3 is 2.91 bits per heavy atom. The first-order valence-corrected chi connectivity index (χ1v) is 9.72. The summed E-state index contributed by atoms with van der Waals surface area (Å²) in [6.45, 7) is 4.99. The quantitative estimate of drug-likeness (QED) is 0.738. The predicted octanol–water partition coefficient (Wildman–Crippen LogP) is 5.26. The molecule has 1 N–H and O–H groups in total. The van der Waals surface area contributed by atoms with Crippen LogP contribution in [0.15, 0.2) is 23.3 Å². The standard InChI is InChI=1S/C21H32O/c1-3-4-15-6-10-20-19-8-5-14-13-16(22)7-9-17(14)18(19)11-12-21(15,20)2/h9,13,15-16,18-20,22H,3-8,10-12H2,1-2H3. The summed E-state index contributed by atoms with van der Waals surface area (Å²) in [5.41, 5.74) is 3.77. The lowest BCUT2D eigenvalue weighted by molar-refractivity contribution is 0.0123. The van der Waals surface area contributed by atoms with Crippen LogP contribution in [0.1, 0.15) is 71.6 Å². The van der Waals surface area contributed by atoms with Crippen molar-refractivity contribution >= 4 is 0 Å². The summed E-state index contributed by atoms with van der Waals surface area (Å²) in [6, 6.07) is 0. The Bertz CT molecular complexity index is 502. The minimum absolute atomic E-state index is 0.218. The molecule has 3 fully saturated rings. The minimum Gasteiger partial charge on any atom is -0.389 e. The van der Waals surface area contributed by atoms with Gasteiger partial charge in [0.05, 0.1) is 6.10 Å². The van der Waals surface area contributed by atoms with E-state index >= 15 is 0 Å². The molecule has 1 heteroatoms. The van der Waals surface area contributed by atoms with Crippen molar-refractivity contribution in [2.75, 3.05) is 0 Å². The van der Waals surface area contributed by atoms with Crippen molar-refractivity contribution in [1.82, 2.24) is 0 Å². The lowest BCUT2D eigenvalue weighted by Crippen LogP contribution is -2.44. The van der Waals surface area contributed by atoms with Crippen LogP contribution in [0.2, 0.25) is 0 Å². The molecule has 6 atom stereocenters. The smallest absolute Gasteiger partial charge is 0.0761 e. The SMILES string of the molecule is CCCC1CCC2C3CCC4=CC(O)CC=C4C3CCC12C. The third-order valence-corrected chi connectivity index (χ3v) is 7.76. The molecule has 4 rings (SSSR count). The summed E-state index contributed by atoms with van der Waals surface area (Å²) >= 11 is 0. The summed E-state index contributed by atoms with van der Waals surface area (Å²) in [5, 5.41) is 9.91. The molecule has 4 aliphatic carbocycles. The van der Waals surface area contributed by atoms with Gasteiger partial charge in [-0.3, -0.25) is 0 Å². The molecule has 1 nitrogen and oxygen atoms in total. The molecule has 0 aromatic heterocycles. The summed E-state index contributed by atoms with van der Waals surface area (Å²) in [6.07, 6.45) is 16.4. The van der Waals surface area contributed by atoms with Crippen LogP contribution in [-0.4, -0.2) is 11.2 Å². The zero-order chi connectivity index (χ0) is 15.3. The highest BCUT2D eigenvalue weighted by molar-refractivity contribution is 5.40. The minimum atomic E-state index is -0.218. The molecular weight excluding hydrogens is 268 g/mol. The third kappa shape index (κ3) is 2.15. The van der Waals surface area contributed by atoms with Crippen molar-refractivity contribution in [3.63, 3.8) is 0 Å². The van der Waals surface area contributed by atoms with E-state index in [1.54, 1.807) is 5.57 Å². The number of rotatable bonds is 2. The fourth-order valence-corrected chi connectivity index (χ4v) is 6.72. The fraction of sp³-hybridized carbons (Fsp3) is 0.810. The Morgan fingerprint density at radius 2 is 2.09 bits per heavy atom. The average molecular weight is 300 g/mol. The van der Waals surface area contributed by atoms with Gasteiger partial charge in [0, 0.05) is 0 Å². The van der Waals surface area contributed by atoms with Gasteiger partial charge in [0.15, 0.2) is 0 Å². The van der Waals surface area contributed by atoms with E-state index in [0.29, 0.717) is 5.41 Å². The van der Waals surface area contributed by atoms with Gasteiger partial charge in [-0.15, -0.1) is 0 Å². The van der Waals surface area contributed by atoms with Gasteiger partial charge in [-0.05, 0) is 85.2 Å². The number of hydrogen-bond acceptors (Lipinski definition) is 1. The van der Waals surface area contributed by atoms with Crippen molar-refractivity contribution in [2.24, 2.45) is 29.1 Å². The summed E-state index contributed by atoms with van der Waals surface area (Å²) < 4.78 is 0. The summed E-state index contributed by atoms with van der Waals surface area (Å²) in [4.78, 5) is 0. The van der Waals surface area contributed by atoms with Gasteiger partial charge >= 0.3 is 0 Å². The van der Waals surface area contributed by atoms with E-state index in [2.05, 4.69) is 26.0 Å². The topological polar surface area (TPSA) is 20.2 Å². The Balaban J connectivity index is 1.59. The second kappa shape index (κ2) is 5.51. The molecule has 0 bridgehead atoms. The Kier molecular flexibility index (Phi) is 3.76. The van der Waals surface area contributed by atoms with Crippen LogP contribution < -0.4 is 0 Å². The Labute approximate surface area is 135 Å². The van der Waals surface area contributed by atoms with Crippen LogP contribution in [-0.2, 0) is 0 Å².